The van der Waals surface area contributed by atoms with Crippen LogP contribution in [-0.4, -0.2) is 55.7 Å². The van der Waals surface area contributed by atoms with Crippen LogP contribution in [0, 0.1) is 6.92 Å². The van der Waals surface area contributed by atoms with Gasteiger partial charge in [-0.25, -0.2) is 0 Å². The Balaban J connectivity index is 1.66. The number of carbonyl (C=O) groups is 2. The lowest BCUT2D eigenvalue weighted by molar-refractivity contribution is -0.131. The third kappa shape index (κ3) is 6.20. The second-order valence-corrected chi connectivity index (χ2v) is 6.05. The molecule has 6 nitrogen and oxygen atoms in total. The van der Waals surface area contributed by atoms with E-state index in [0.717, 1.165) is 25.0 Å². The second kappa shape index (κ2) is 9.27. The summed E-state index contributed by atoms with van der Waals surface area (Å²) in [5.41, 5.74) is 1.14. The molecule has 1 fully saturated rings. The lowest BCUT2D eigenvalue weighted by Crippen LogP contribution is -2.42. The molecule has 1 unspecified atom stereocenters. The van der Waals surface area contributed by atoms with Crippen LogP contribution in [-0.2, 0) is 14.3 Å². The fourth-order valence-electron chi connectivity index (χ4n) is 2.58. The van der Waals surface area contributed by atoms with E-state index >= 15 is 0 Å². The molecule has 1 aromatic rings. The molecule has 24 heavy (non-hydrogen) atoms. The minimum absolute atomic E-state index is 0.00402. The third-order valence-corrected chi connectivity index (χ3v) is 3.99. The zero-order valence-corrected chi connectivity index (χ0v) is 14.4. The number of ether oxygens (including phenoxy) is 2. The number of hydrogen-bond acceptors (Lipinski definition) is 4. The number of carbonyl (C=O) groups excluding carboxylic acids is 2. The molecule has 0 bridgehead atoms. The van der Waals surface area contributed by atoms with Gasteiger partial charge in [0.25, 0.3) is 5.91 Å². The average Bonchev–Trinajstić information content (AvgIpc) is 3.06. The van der Waals surface area contributed by atoms with E-state index in [1.54, 1.807) is 4.90 Å². The van der Waals surface area contributed by atoms with Gasteiger partial charge in [0.05, 0.1) is 6.10 Å². The van der Waals surface area contributed by atoms with Crippen molar-refractivity contribution in [1.82, 2.24) is 10.2 Å². The molecule has 132 valence electrons. The number of nitrogens with zero attached hydrogens (tertiary/aromatic N) is 1. The normalized spacial score (nSPS) is 16.7. The summed E-state index contributed by atoms with van der Waals surface area (Å²) in [7, 11) is 0. The average molecular weight is 334 g/mol. The summed E-state index contributed by atoms with van der Waals surface area (Å²) in [6.45, 7) is 5.74. The highest BCUT2D eigenvalue weighted by atomic mass is 16.5. The second-order valence-electron chi connectivity index (χ2n) is 6.05. The lowest BCUT2D eigenvalue weighted by Gasteiger charge is -2.24. The predicted molar refractivity (Wildman–Crippen MR) is 90.9 cm³/mol. The molecule has 1 atom stereocenters. The fourth-order valence-corrected chi connectivity index (χ4v) is 2.58. The monoisotopic (exact) mass is 334 g/mol. The quantitative estimate of drug-likeness (QED) is 0.783. The van der Waals surface area contributed by atoms with Crippen LogP contribution in [0.4, 0.5) is 0 Å². The molecular formula is C18H26N2O4. The Kier molecular flexibility index (Phi) is 7.06. The van der Waals surface area contributed by atoms with Crippen LogP contribution < -0.4 is 10.1 Å². The molecular weight excluding hydrogens is 308 g/mol. The van der Waals surface area contributed by atoms with Gasteiger partial charge in [-0.3, -0.25) is 9.59 Å². The zero-order chi connectivity index (χ0) is 17.4. The summed E-state index contributed by atoms with van der Waals surface area (Å²) < 4.78 is 11.0. The first-order chi connectivity index (χ1) is 11.5. The number of amides is 2. The van der Waals surface area contributed by atoms with Crippen LogP contribution >= 0.6 is 0 Å². The molecule has 1 aliphatic heterocycles. The summed E-state index contributed by atoms with van der Waals surface area (Å²) in [6.07, 6.45) is 2.15. The first kappa shape index (κ1) is 18.3. The number of benzene rings is 1. The highest BCUT2D eigenvalue weighted by Gasteiger charge is 2.20. The van der Waals surface area contributed by atoms with Gasteiger partial charge in [-0.2, -0.15) is 0 Å². The summed E-state index contributed by atoms with van der Waals surface area (Å²) in [5, 5.41) is 2.78. The first-order valence-electron chi connectivity index (χ1n) is 8.38. The third-order valence-electron chi connectivity index (χ3n) is 3.99. The predicted octanol–water partition coefficient (Wildman–Crippen LogP) is 1.52. The maximum Gasteiger partial charge on any atom is 0.258 e. The smallest absolute Gasteiger partial charge is 0.258 e. The van der Waals surface area contributed by atoms with Crippen LogP contribution in [0.2, 0.25) is 0 Å². The highest BCUT2D eigenvalue weighted by Crippen LogP contribution is 2.13. The van der Waals surface area contributed by atoms with E-state index in [1.165, 1.54) is 6.92 Å². The molecule has 6 heteroatoms. The van der Waals surface area contributed by atoms with Crippen LogP contribution in [0.15, 0.2) is 24.3 Å². The number of nitrogens with one attached hydrogen (secondary N) is 1. The van der Waals surface area contributed by atoms with Gasteiger partial charge in [-0.1, -0.05) is 17.7 Å². The van der Waals surface area contributed by atoms with Crippen molar-refractivity contribution < 1.29 is 19.1 Å². The minimum atomic E-state index is -0.198. The largest absolute Gasteiger partial charge is 0.484 e. The molecule has 1 saturated heterocycles. The van der Waals surface area contributed by atoms with Gasteiger partial charge < -0.3 is 19.7 Å². The van der Waals surface area contributed by atoms with Crippen LogP contribution in [0.1, 0.15) is 25.3 Å². The van der Waals surface area contributed by atoms with Gasteiger partial charge >= 0.3 is 0 Å². The summed E-state index contributed by atoms with van der Waals surface area (Å²) >= 11 is 0. The Bertz CT molecular complexity index is 538. The maximum absolute atomic E-state index is 11.8. The van der Waals surface area contributed by atoms with Gasteiger partial charge in [0.1, 0.15) is 5.75 Å². The lowest BCUT2D eigenvalue weighted by atomic mass is 10.2. The van der Waals surface area contributed by atoms with Crippen LogP contribution in [0.3, 0.4) is 0 Å². The van der Waals surface area contributed by atoms with Crippen molar-refractivity contribution in [3.05, 3.63) is 29.8 Å². The molecule has 0 saturated carbocycles. The molecule has 1 heterocycles. The van der Waals surface area contributed by atoms with Gasteiger partial charge in [-0.15, -0.1) is 0 Å². The molecule has 0 aliphatic carbocycles. The summed E-state index contributed by atoms with van der Waals surface area (Å²) in [6, 6.07) is 7.54. The Morgan fingerprint density at radius 2 is 2.08 bits per heavy atom. The van der Waals surface area contributed by atoms with Crippen molar-refractivity contribution in [3.63, 3.8) is 0 Å². The van der Waals surface area contributed by atoms with Crippen molar-refractivity contribution in [1.29, 1.82) is 0 Å². The van der Waals surface area contributed by atoms with Crippen molar-refractivity contribution in [2.24, 2.45) is 0 Å². The fraction of sp³-hybridized carbons (Fsp3) is 0.556. The topological polar surface area (TPSA) is 67.9 Å². The molecule has 1 aliphatic rings. The van der Waals surface area contributed by atoms with Gasteiger partial charge in [0, 0.05) is 33.2 Å². The van der Waals surface area contributed by atoms with Crippen molar-refractivity contribution >= 4 is 11.8 Å². The van der Waals surface area contributed by atoms with E-state index < -0.39 is 0 Å². The number of hydrogen-bond donors (Lipinski definition) is 1. The van der Waals surface area contributed by atoms with E-state index in [1.807, 2.05) is 31.2 Å². The highest BCUT2D eigenvalue weighted by molar-refractivity contribution is 5.77. The Labute approximate surface area is 143 Å². The van der Waals surface area contributed by atoms with Crippen molar-refractivity contribution in [3.8, 4) is 5.75 Å². The van der Waals surface area contributed by atoms with E-state index in [9.17, 15) is 9.59 Å². The van der Waals surface area contributed by atoms with E-state index in [-0.39, 0.29) is 24.5 Å². The zero-order valence-electron chi connectivity index (χ0n) is 14.4. The molecule has 0 spiro atoms. The molecule has 0 aromatic heterocycles. The molecule has 0 radical (unpaired) electrons. The first-order valence-corrected chi connectivity index (χ1v) is 8.38. The van der Waals surface area contributed by atoms with E-state index in [4.69, 9.17) is 9.47 Å². The number of aryl methyl sites for hydroxylation is 1. The Morgan fingerprint density at radius 1 is 1.33 bits per heavy atom. The minimum Gasteiger partial charge on any atom is -0.484 e. The standard InChI is InChI=1S/C18H26N2O4/c1-14-5-7-16(8-6-14)24-13-18(22)19-9-10-20(15(2)21)12-17-4-3-11-23-17/h5-8,17H,3-4,9-13H2,1-2H3,(H,19,22). The van der Waals surface area contributed by atoms with E-state index in [2.05, 4.69) is 5.32 Å². The summed E-state index contributed by atoms with van der Waals surface area (Å²) in [5.74, 6) is 0.464. The van der Waals surface area contributed by atoms with Crippen molar-refractivity contribution in [2.75, 3.05) is 32.8 Å². The SMILES string of the molecule is CC(=O)N(CCNC(=O)COc1ccc(C)cc1)CC1CCCO1. The van der Waals surface area contributed by atoms with Crippen LogP contribution in [0.25, 0.3) is 0 Å². The van der Waals surface area contributed by atoms with Gasteiger partial charge in [0.15, 0.2) is 6.61 Å². The van der Waals surface area contributed by atoms with Crippen molar-refractivity contribution in [2.45, 2.75) is 32.8 Å². The number of rotatable bonds is 8. The van der Waals surface area contributed by atoms with E-state index in [0.29, 0.717) is 25.4 Å². The molecule has 2 amide bonds. The molecule has 2 rings (SSSR count). The van der Waals surface area contributed by atoms with Gasteiger partial charge in [-0.05, 0) is 31.9 Å². The van der Waals surface area contributed by atoms with Crippen LogP contribution in [0.5, 0.6) is 5.75 Å². The molecule has 1 N–H and O–H groups in total. The van der Waals surface area contributed by atoms with Gasteiger partial charge in [0.2, 0.25) is 5.91 Å². The maximum atomic E-state index is 11.8. The Morgan fingerprint density at radius 3 is 2.71 bits per heavy atom. The Hall–Kier alpha value is -2.08. The molecule has 1 aromatic carbocycles. The summed E-state index contributed by atoms with van der Waals surface area (Å²) in [4.78, 5) is 25.2.